The van der Waals surface area contributed by atoms with Crippen molar-refractivity contribution in [2.75, 3.05) is 17.3 Å². The van der Waals surface area contributed by atoms with Crippen LogP contribution in [0.25, 0.3) is 17.0 Å². The van der Waals surface area contributed by atoms with E-state index < -0.39 is 6.36 Å². The van der Waals surface area contributed by atoms with Crippen molar-refractivity contribution < 1.29 is 22.6 Å². The summed E-state index contributed by atoms with van der Waals surface area (Å²) in [6.07, 6.45) is 0.307. The SMILES string of the molecule is CSc1nc2nc(Nc3ccc(Oc4ccncc4)cc3)nn2c(-c2ccc(OC(F)(F)F)cc2)c1N. The van der Waals surface area contributed by atoms with Gasteiger partial charge in [0.05, 0.1) is 5.69 Å². The van der Waals surface area contributed by atoms with Crippen molar-refractivity contribution in [1.29, 1.82) is 0 Å². The third kappa shape index (κ3) is 5.51. The van der Waals surface area contributed by atoms with Gasteiger partial charge in [0, 0.05) is 23.6 Å². The Morgan fingerprint density at radius 3 is 2.19 bits per heavy atom. The second-order valence-corrected chi connectivity index (χ2v) is 8.33. The van der Waals surface area contributed by atoms with E-state index in [9.17, 15) is 13.2 Å². The number of hydrogen-bond donors (Lipinski definition) is 2. The van der Waals surface area contributed by atoms with Crippen molar-refractivity contribution >= 4 is 34.9 Å². The molecule has 0 saturated heterocycles. The zero-order valence-corrected chi connectivity index (χ0v) is 19.9. The molecule has 3 aromatic heterocycles. The molecule has 5 aromatic rings. The van der Waals surface area contributed by atoms with Crippen molar-refractivity contribution in [3.05, 3.63) is 73.1 Å². The van der Waals surface area contributed by atoms with E-state index in [1.54, 1.807) is 48.8 Å². The summed E-state index contributed by atoms with van der Waals surface area (Å²) in [5.74, 6) is 1.48. The highest BCUT2D eigenvalue weighted by Gasteiger charge is 2.31. The first kappa shape index (κ1) is 24.2. The smallest absolute Gasteiger partial charge is 0.457 e. The molecule has 0 amide bonds. The number of aromatic nitrogens is 5. The van der Waals surface area contributed by atoms with Crippen molar-refractivity contribution in [2.45, 2.75) is 11.4 Å². The molecule has 3 N–H and O–H groups in total. The fraction of sp³-hybridized carbons (Fsp3) is 0.0833. The van der Waals surface area contributed by atoms with Gasteiger partial charge < -0.3 is 20.5 Å². The van der Waals surface area contributed by atoms with Crippen molar-refractivity contribution in [3.8, 4) is 28.5 Å². The normalized spacial score (nSPS) is 11.5. The minimum atomic E-state index is -4.79. The Bertz CT molecular complexity index is 1530. The fourth-order valence-corrected chi connectivity index (χ4v) is 3.96. The predicted octanol–water partition coefficient (Wildman–Crippen LogP) is 5.92. The number of thioether (sulfide) groups is 1. The van der Waals surface area contributed by atoms with Gasteiger partial charge in [-0.2, -0.15) is 9.50 Å². The highest BCUT2D eigenvalue weighted by molar-refractivity contribution is 7.98. The van der Waals surface area contributed by atoms with Gasteiger partial charge in [0.1, 0.15) is 28.0 Å². The lowest BCUT2D eigenvalue weighted by Gasteiger charge is -2.12. The maximum absolute atomic E-state index is 12.5. The topological polar surface area (TPSA) is 112 Å². The molecule has 37 heavy (non-hydrogen) atoms. The van der Waals surface area contributed by atoms with Gasteiger partial charge >= 0.3 is 6.36 Å². The van der Waals surface area contributed by atoms with Gasteiger partial charge in [0.2, 0.25) is 5.95 Å². The monoisotopic (exact) mass is 525 g/mol. The first-order valence-electron chi connectivity index (χ1n) is 10.7. The average molecular weight is 526 g/mol. The number of pyridine rings is 1. The van der Waals surface area contributed by atoms with Crippen LogP contribution in [0.15, 0.2) is 78.1 Å². The second kappa shape index (κ2) is 9.85. The van der Waals surface area contributed by atoms with Gasteiger partial charge in [-0.3, -0.25) is 4.98 Å². The number of fused-ring (bicyclic) bond motifs is 1. The van der Waals surface area contributed by atoms with Gasteiger partial charge in [0.25, 0.3) is 5.78 Å². The second-order valence-electron chi connectivity index (χ2n) is 7.54. The summed E-state index contributed by atoms with van der Waals surface area (Å²) in [6.45, 7) is 0. The van der Waals surface area contributed by atoms with Crippen LogP contribution in [-0.4, -0.2) is 37.2 Å². The Kier molecular flexibility index (Phi) is 6.44. The standard InChI is InChI=1S/C24H18F3N7O2S/c1-37-21-19(28)20(14-2-6-18(7-3-14)36-24(25,26)27)34-23(31-21)32-22(33-34)30-15-4-8-16(9-5-15)35-17-10-12-29-13-11-17/h2-13H,28H2,1H3,(H,30,33). The molecule has 5 rings (SSSR count). The van der Waals surface area contributed by atoms with E-state index in [0.717, 1.165) is 0 Å². The van der Waals surface area contributed by atoms with Gasteiger partial charge in [-0.05, 0) is 66.9 Å². The highest BCUT2D eigenvalue weighted by atomic mass is 32.2. The van der Waals surface area contributed by atoms with Gasteiger partial charge in [-0.25, -0.2) is 4.98 Å². The lowest BCUT2D eigenvalue weighted by atomic mass is 10.1. The molecule has 13 heteroatoms. The molecule has 0 aliphatic carbocycles. The Balaban J connectivity index is 1.43. The molecule has 3 heterocycles. The number of rotatable bonds is 7. The summed E-state index contributed by atoms with van der Waals surface area (Å²) in [6, 6.07) is 16.0. The van der Waals surface area contributed by atoms with Crippen LogP contribution in [0.3, 0.4) is 0 Å². The maximum atomic E-state index is 12.5. The van der Waals surface area contributed by atoms with E-state index >= 15 is 0 Å². The van der Waals surface area contributed by atoms with Crippen LogP contribution in [0.2, 0.25) is 0 Å². The van der Waals surface area contributed by atoms with Crippen LogP contribution < -0.4 is 20.5 Å². The molecule has 0 spiro atoms. The van der Waals surface area contributed by atoms with Crippen molar-refractivity contribution in [3.63, 3.8) is 0 Å². The molecule has 0 fully saturated rings. The number of nitrogen functional groups attached to an aromatic ring is 1. The first-order valence-corrected chi connectivity index (χ1v) is 11.9. The molecule has 0 saturated carbocycles. The molecule has 0 bridgehead atoms. The average Bonchev–Trinajstić information content (AvgIpc) is 3.27. The van der Waals surface area contributed by atoms with Crippen LogP contribution in [-0.2, 0) is 0 Å². The number of ether oxygens (including phenoxy) is 2. The highest BCUT2D eigenvalue weighted by Crippen LogP contribution is 2.34. The summed E-state index contributed by atoms with van der Waals surface area (Å²) >= 11 is 1.32. The van der Waals surface area contributed by atoms with Crippen LogP contribution in [0.5, 0.6) is 17.2 Å². The summed E-state index contributed by atoms with van der Waals surface area (Å²) in [7, 11) is 0. The van der Waals surface area contributed by atoms with E-state index in [1.807, 2.05) is 6.26 Å². The number of alkyl halides is 3. The molecule has 0 aliphatic rings. The number of nitrogens with two attached hydrogens (primary N) is 1. The molecule has 0 radical (unpaired) electrons. The molecule has 2 aromatic carbocycles. The molecule has 0 aliphatic heterocycles. The minimum absolute atomic E-state index is 0.256. The quantitative estimate of drug-likeness (QED) is 0.197. The summed E-state index contributed by atoms with van der Waals surface area (Å²) in [4.78, 5) is 12.9. The minimum Gasteiger partial charge on any atom is -0.457 e. The maximum Gasteiger partial charge on any atom is 0.573 e. The Morgan fingerprint density at radius 2 is 1.54 bits per heavy atom. The van der Waals surface area contributed by atoms with Crippen LogP contribution in [0, 0.1) is 0 Å². The van der Waals surface area contributed by atoms with Crippen LogP contribution >= 0.6 is 11.8 Å². The number of nitrogens with one attached hydrogen (secondary N) is 1. The van der Waals surface area contributed by atoms with Crippen molar-refractivity contribution in [2.24, 2.45) is 0 Å². The van der Waals surface area contributed by atoms with E-state index in [0.29, 0.717) is 39.2 Å². The van der Waals surface area contributed by atoms with Crippen LogP contribution in [0.1, 0.15) is 0 Å². The molecule has 9 nitrogen and oxygen atoms in total. The number of nitrogens with zero attached hydrogens (tertiary/aromatic N) is 5. The van der Waals surface area contributed by atoms with E-state index in [4.69, 9.17) is 10.5 Å². The summed E-state index contributed by atoms with van der Waals surface area (Å²) in [5.41, 5.74) is 8.33. The zero-order valence-electron chi connectivity index (χ0n) is 19.1. The van der Waals surface area contributed by atoms with E-state index in [-0.39, 0.29) is 17.5 Å². The third-order valence-corrected chi connectivity index (χ3v) is 5.74. The molecule has 0 atom stereocenters. The molecular formula is C24H18F3N7O2S. The first-order chi connectivity index (χ1) is 17.8. The summed E-state index contributed by atoms with van der Waals surface area (Å²) in [5, 5.41) is 8.11. The number of anilines is 3. The van der Waals surface area contributed by atoms with Crippen LogP contribution in [0.4, 0.5) is 30.5 Å². The fourth-order valence-electron chi connectivity index (χ4n) is 3.47. The number of halogens is 3. The zero-order chi connectivity index (χ0) is 26.0. The lowest BCUT2D eigenvalue weighted by molar-refractivity contribution is -0.274. The Morgan fingerprint density at radius 1 is 0.892 bits per heavy atom. The summed E-state index contributed by atoms with van der Waals surface area (Å²) < 4.78 is 48.8. The lowest BCUT2D eigenvalue weighted by Crippen LogP contribution is -2.17. The molecular weight excluding hydrogens is 507 g/mol. The van der Waals surface area contributed by atoms with E-state index in [1.165, 1.54) is 40.5 Å². The van der Waals surface area contributed by atoms with E-state index in [2.05, 4.69) is 30.1 Å². The van der Waals surface area contributed by atoms with Crippen molar-refractivity contribution in [1.82, 2.24) is 24.6 Å². The molecule has 188 valence electrons. The number of benzene rings is 2. The Labute approximate surface area is 212 Å². The third-order valence-electron chi connectivity index (χ3n) is 5.04. The largest absolute Gasteiger partial charge is 0.573 e. The predicted molar refractivity (Wildman–Crippen MR) is 133 cm³/mol. The molecule has 0 unspecified atom stereocenters. The number of hydrogen-bond acceptors (Lipinski definition) is 9. The Hall–Kier alpha value is -4.52. The van der Waals surface area contributed by atoms with Gasteiger partial charge in [-0.1, -0.05) is 0 Å². The van der Waals surface area contributed by atoms with Gasteiger partial charge in [-0.15, -0.1) is 30.0 Å². The van der Waals surface area contributed by atoms with Gasteiger partial charge in [0.15, 0.2) is 0 Å².